The van der Waals surface area contributed by atoms with E-state index in [0.29, 0.717) is 0 Å². The molecule has 0 radical (unpaired) electrons. The normalized spacial score (nSPS) is 49.3. The summed E-state index contributed by atoms with van der Waals surface area (Å²) < 4.78 is 0. The number of rotatable bonds is 1. The van der Waals surface area contributed by atoms with Gasteiger partial charge in [-0.15, -0.1) is 0 Å². The SMILES string of the molecule is C[C@H]1CN1C1CC1. The van der Waals surface area contributed by atoms with Crippen LogP contribution in [0.25, 0.3) is 0 Å². The Bertz CT molecular complexity index is 86.2. The van der Waals surface area contributed by atoms with Gasteiger partial charge in [-0.2, -0.15) is 0 Å². The van der Waals surface area contributed by atoms with Gasteiger partial charge in [0.15, 0.2) is 0 Å². The van der Waals surface area contributed by atoms with Crippen molar-refractivity contribution in [3.8, 4) is 0 Å². The number of hydrogen-bond acceptors (Lipinski definition) is 1. The van der Waals surface area contributed by atoms with E-state index in [1.165, 1.54) is 19.4 Å². The predicted octanol–water partition coefficient (Wildman–Crippen LogP) is 0.853. The van der Waals surface area contributed by atoms with Gasteiger partial charge < -0.3 is 0 Å². The van der Waals surface area contributed by atoms with Crippen LogP contribution in [0.4, 0.5) is 0 Å². The van der Waals surface area contributed by atoms with E-state index in [2.05, 4.69) is 11.8 Å². The van der Waals surface area contributed by atoms with E-state index in [9.17, 15) is 0 Å². The molecular formula is C6H11N. The van der Waals surface area contributed by atoms with E-state index in [-0.39, 0.29) is 0 Å². The summed E-state index contributed by atoms with van der Waals surface area (Å²) in [5.41, 5.74) is 0. The van der Waals surface area contributed by atoms with Crippen LogP contribution < -0.4 is 0 Å². The van der Waals surface area contributed by atoms with E-state index in [4.69, 9.17) is 0 Å². The third-order valence-electron chi connectivity index (χ3n) is 1.92. The van der Waals surface area contributed by atoms with Crippen molar-refractivity contribution in [2.24, 2.45) is 0 Å². The Morgan fingerprint density at radius 1 is 1.43 bits per heavy atom. The molecule has 7 heavy (non-hydrogen) atoms. The molecule has 1 aliphatic heterocycles. The smallest absolute Gasteiger partial charge is 0.0198 e. The summed E-state index contributed by atoms with van der Waals surface area (Å²) in [7, 11) is 0. The van der Waals surface area contributed by atoms with Crippen molar-refractivity contribution in [3.63, 3.8) is 0 Å². The fourth-order valence-electron chi connectivity index (χ4n) is 1.17. The molecule has 0 spiro atoms. The van der Waals surface area contributed by atoms with Crippen LogP contribution in [0.15, 0.2) is 0 Å². The molecule has 1 nitrogen and oxygen atoms in total. The van der Waals surface area contributed by atoms with Gasteiger partial charge in [0, 0.05) is 18.6 Å². The Kier molecular flexibility index (Phi) is 0.571. The van der Waals surface area contributed by atoms with E-state index >= 15 is 0 Å². The molecular weight excluding hydrogens is 86.1 g/mol. The van der Waals surface area contributed by atoms with Crippen LogP contribution in [-0.2, 0) is 0 Å². The summed E-state index contributed by atoms with van der Waals surface area (Å²) >= 11 is 0. The molecule has 1 aliphatic carbocycles. The molecule has 1 unspecified atom stereocenters. The summed E-state index contributed by atoms with van der Waals surface area (Å²) in [6, 6.07) is 1.96. The van der Waals surface area contributed by atoms with Crippen LogP contribution in [0.3, 0.4) is 0 Å². The van der Waals surface area contributed by atoms with Gasteiger partial charge in [-0.1, -0.05) is 0 Å². The minimum absolute atomic E-state index is 0.937. The Hall–Kier alpha value is -0.0400. The third-order valence-corrected chi connectivity index (χ3v) is 1.92. The van der Waals surface area contributed by atoms with Crippen molar-refractivity contribution in [1.29, 1.82) is 0 Å². The van der Waals surface area contributed by atoms with Gasteiger partial charge in [0.1, 0.15) is 0 Å². The quantitative estimate of drug-likeness (QED) is 0.438. The highest BCUT2D eigenvalue weighted by molar-refractivity contribution is 4.97. The Balaban J connectivity index is 1.88. The van der Waals surface area contributed by atoms with Crippen LogP contribution in [0.5, 0.6) is 0 Å². The standard InChI is InChI=1S/C6H11N/c1-5-4-7(5)6-2-3-6/h5-6H,2-4H2,1H3/t5-,7?/m0/s1. The first-order valence-corrected chi connectivity index (χ1v) is 3.13. The Morgan fingerprint density at radius 3 is 2.14 bits per heavy atom. The molecule has 2 aliphatic rings. The van der Waals surface area contributed by atoms with Gasteiger partial charge in [-0.05, 0) is 19.8 Å². The average Bonchev–Trinajstić information content (AvgIpc) is 2.23. The fourth-order valence-corrected chi connectivity index (χ4v) is 1.17. The largest absolute Gasteiger partial charge is 0.295 e. The van der Waals surface area contributed by atoms with Crippen molar-refractivity contribution in [1.82, 2.24) is 4.90 Å². The molecule has 1 heteroatoms. The second kappa shape index (κ2) is 1.03. The highest BCUT2D eigenvalue weighted by Gasteiger charge is 2.41. The zero-order valence-corrected chi connectivity index (χ0v) is 4.72. The lowest BCUT2D eigenvalue weighted by Gasteiger charge is -1.90. The fraction of sp³-hybridized carbons (Fsp3) is 1.00. The minimum Gasteiger partial charge on any atom is -0.295 e. The summed E-state index contributed by atoms with van der Waals surface area (Å²) in [6.07, 6.45) is 2.95. The van der Waals surface area contributed by atoms with Crippen LogP contribution >= 0.6 is 0 Å². The molecule has 0 aromatic carbocycles. The van der Waals surface area contributed by atoms with E-state index in [1.807, 2.05) is 0 Å². The molecule has 0 aromatic rings. The summed E-state index contributed by atoms with van der Waals surface area (Å²) in [5, 5.41) is 0. The Labute approximate surface area is 44.3 Å². The lowest BCUT2D eigenvalue weighted by atomic mass is 10.6. The van der Waals surface area contributed by atoms with E-state index < -0.39 is 0 Å². The average molecular weight is 97.2 g/mol. The predicted molar refractivity (Wildman–Crippen MR) is 29.2 cm³/mol. The summed E-state index contributed by atoms with van der Waals surface area (Å²) in [4.78, 5) is 2.57. The molecule has 2 atom stereocenters. The zero-order chi connectivity index (χ0) is 4.85. The first-order chi connectivity index (χ1) is 3.38. The van der Waals surface area contributed by atoms with Crippen molar-refractivity contribution in [2.45, 2.75) is 31.8 Å². The molecule has 1 heterocycles. The molecule has 0 bridgehead atoms. The van der Waals surface area contributed by atoms with Crippen molar-refractivity contribution < 1.29 is 0 Å². The number of hydrogen-bond donors (Lipinski definition) is 0. The Morgan fingerprint density at radius 2 is 2.00 bits per heavy atom. The highest BCUT2D eigenvalue weighted by Crippen LogP contribution is 2.35. The summed E-state index contributed by atoms with van der Waals surface area (Å²) in [6.45, 7) is 3.68. The zero-order valence-electron chi connectivity index (χ0n) is 4.72. The third kappa shape index (κ3) is 0.556. The van der Waals surface area contributed by atoms with Crippen molar-refractivity contribution in [2.75, 3.05) is 6.54 Å². The molecule has 2 rings (SSSR count). The van der Waals surface area contributed by atoms with Crippen LogP contribution in [0, 0.1) is 0 Å². The molecule has 0 N–H and O–H groups in total. The van der Waals surface area contributed by atoms with E-state index in [1.54, 1.807) is 0 Å². The molecule has 0 amide bonds. The van der Waals surface area contributed by atoms with Crippen molar-refractivity contribution >= 4 is 0 Å². The van der Waals surface area contributed by atoms with Gasteiger partial charge >= 0.3 is 0 Å². The maximum atomic E-state index is 2.57. The summed E-state index contributed by atoms with van der Waals surface area (Å²) in [5.74, 6) is 0. The van der Waals surface area contributed by atoms with Crippen LogP contribution in [-0.4, -0.2) is 23.5 Å². The van der Waals surface area contributed by atoms with Gasteiger partial charge in [0.05, 0.1) is 0 Å². The maximum Gasteiger partial charge on any atom is 0.0198 e. The first-order valence-electron chi connectivity index (χ1n) is 3.13. The number of nitrogens with zero attached hydrogens (tertiary/aromatic N) is 1. The molecule has 40 valence electrons. The molecule has 2 fully saturated rings. The maximum absolute atomic E-state index is 2.57. The van der Waals surface area contributed by atoms with Gasteiger partial charge in [-0.3, -0.25) is 4.90 Å². The first kappa shape index (κ1) is 3.90. The van der Waals surface area contributed by atoms with Crippen LogP contribution in [0.2, 0.25) is 0 Å². The minimum atomic E-state index is 0.937. The van der Waals surface area contributed by atoms with Gasteiger partial charge in [0.2, 0.25) is 0 Å². The van der Waals surface area contributed by atoms with Crippen molar-refractivity contribution in [3.05, 3.63) is 0 Å². The highest BCUT2D eigenvalue weighted by atomic mass is 15.3. The lowest BCUT2D eigenvalue weighted by Crippen LogP contribution is -2.00. The monoisotopic (exact) mass is 97.1 g/mol. The molecule has 0 aromatic heterocycles. The van der Waals surface area contributed by atoms with Gasteiger partial charge in [-0.25, -0.2) is 0 Å². The van der Waals surface area contributed by atoms with Crippen LogP contribution in [0.1, 0.15) is 19.8 Å². The van der Waals surface area contributed by atoms with Gasteiger partial charge in [0.25, 0.3) is 0 Å². The topological polar surface area (TPSA) is 3.01 Å². The lowest BCUT2D eigenvalue weighted by molar-refractivity contribution is 0.510. The van der Waals surface area contributed by atoms with E-state index in [0.717, 1.165) is 12.1 Å². The second-order valence-electron chi connectivity index (χ2n) is 2.78. The molecule has 1 saturated heterocycles. The second-order valence-corrected chi connectivity index (χ2v) is 2.78. The molecule has 1 saturated carbocycles.